The molecule has 0 amide bonds. The first-order valence-corrected chi connectivity index (χ1v) is 15.8. The van der Waals surface area contributed by atoms with Gasteiger partial charge in [-0.1, -0.05) is 91.0 Å². The Morgan fingerprint density at radius 3 is 2.30 bits per heavy atom. The summed E-state index contributed by atoms with van der Waals surface area (Å²) in [5, 5.41) is 11.8. The molecule has 10 rings (SSSR count). The van der Waals surface area contributed by atoms with Gasteiger partial charge in [0.1, 0.15) is 0 Å². The van der Waals surface area contributed by atoms with Crippen LogP contribution in [0.4, 0.5) is 0 Å². The van der Waals surface area contributed by atoms with E-state index < -0.39 is 0 Å². The minimum atomic E-state index is 0.659. The Hall–Kier alpha value is -6.07. The molecule has 5 nitrogen and oxygen atoms in total. The van der Waals surface area contributed by atoms with Crippen LogP contribution in [0.25, 0.3) is 83.4 Å². The molecule has 0 bridgehead atoms. The van der Waals surface area contributed by atoms with E-state index in [1.807, 2.05) is 29.1 Å². The third kappa shape index (κ3) is 3.66. The highest BCUT2D eigenvalue weighted by molar-refractivity contribution is 6.23. The van der Waals surface area contributed by atoms with Gasteiger partial charge in [-0.25, -0.2) is 14.6 Å². The average Bonchev–Trinajstić information content (AvgIpc) is 3.70. The highest BCUT2D eigenvalue weighted by Gasteiger charge is 2.22. The van der Waals surface area contributed by atoms with Gasteiger partial charge < -0.3 is 0 Å². The molecule has 5 heteroatoms. The summed E-state index contributed by atoms with van der Waals surface area (Å²) in [4.78, 5) is 10.6. The lowest BCUT2D eigenvalue weighted by atomic mass is 9.91. The molecule has 0 saturated carbocycles. The van der Waals surface area contributed by atoms with Crippen LogP contribution in [-0.4, -0.2) is 24.3 Å². The van der Waals surface area contributed by atoms with E-state index in [2.05, 4.69) is 120 Å². The van der Waals surface area contributed by atoms with Gasteiger partial charge in [0, 0.05) is 27.1 Å². The topological polar surface area (TPSA) is 48.5 Å². The summed E-state index contributed by atoms with van der Waals surface area (Å²) in [5.41, 5.74) is 9.87. The van der Waals surface area contributed by atoms with Crippen LogP contribution in [0.2, 0.25) is 0 Å². The monoisotopic (exact) mass is 589 g/mol. The Morgan fingerprint density at radius 2 is 1.41 bits per heavy atom. The fourth-order valence-electron chi connectivity index (χ4n) is 7.33. The molecular weight excluding hydrogens is 562 g/mol. The van der Waals surface area contributed by atoms with Crippen LogP contribution in [0.5, 0.6) is 0 Å². The van der Waals surface area contributed by atoms with Crippen LogP contribution in [0, 0.1) is 0 Å². The molecule has 1 aliphatic carbocycles. The van der Waals surface area contributed by atoms with Crippen molar-refractivity contribution in [3.63, 3.8) is 0 Å². The van der Waals surface area contributed by atoms with Crippen molar-refractivity contribution in [3.8, 4) is 22.9 Å². The van der Waals surface area contributed by atoms with E-state index >= 15 is 0 Å². The van der Waals surface area contributed by atoms with E-state index in [1.165, 1.54) is 27.3 Å². The van der Waals surface area contributed by atoms with Crippen LogP contribution >= 0.6 is 0 Å². The van der Waals surface area contributed by atoms with E-state index in [9.17, 15) is 0 Å². The number of aromatic nitrogens is 5. The molecule has 1 aliphatic rings. The van der Waals surface area contributed by atoms with Crippen LogP contribution in [-0.2, 0) is 6.42 Å². The zero-order valence-corrected chi connectivity index (χ0v) is 24.9. The molecule has 3 heterocycles. The zero-order valence-electron chi connectivity index (χ0n) is 24.9. The molecule has 0 fully saturated rings. The van der Waals surface area contributed by atoms with Crippen LogP contribution < -0.4 is 0 Å². The number of fused-ring (bicyclic) bond motifs is 9. The SMILES string of the molecule is C1=Cc2c(ccc3cc4c5c6cnn(-c7ccccc7)c6ccc5n(-c5nc(-c6ccccc6)c6ccccc6n5)c4cc23)CC1. The molecule has 6 aromatic carbocycles. The molecule has 0 spiro atoms. The maximum atomic E-state index is 5.33. The zero-order chi connectivity index (χ0) is 30.2. The van der Waals surface area contributed by atoms with Crippen molar-refractivity contribution in [2.75, 3.05) is 0 Å². The molecule has 3 aromatic heterocycles. The Kier molecular flexibility index (Phi) is 5.34. The average molecular weight is 590 g/mol. The molecule has 0 aliphatic heterocycles. The van der Waals surface area contributed by atoms with Crippen molar-refractivity contribution in [2.45, 2.75) is 12.8 Å². The lowest BCUT2D eigenvalue weighted by Crippen LogP contribution is -2.03. The smallest absolute Gasteiger partial charge is 0.235 e. The van der Waals surface area contributed by atoms with Crippen LogP contribution in [0.15, 0.2) is 134 Å². The third-order valence-electron chi connectivity index (χ3n) is 9.45. The first kappa shape index (κ1) is 25.3. The third-order valence-corrected chi connectivity index (χ3v) is 9.45. The molecule has 0 unspecified atom stereocenters. The van der Waals surface area contributed by atoms with Gasteiger partial charge in [0.05, 0.1) is 39.6 Å². The van der Waals surface area contributed by atoms with Crippen molar-refractivity contribution in [3.05, 3.63) is 145 Å². The second-order valence-corrected chi connectivity index (χ2v) is 12.0. The number of allylic oxidation sites excluding steroid dienone is 1. The summed E-state index contributed by atoms with van der Waals surface area (Å²) in [6.45, 7) is 0. The van der Waals surface area contributed by atoms with Crippen molar-refractivity contribution in [2.24, 2.45) is 0 Å². The summed E-state index contributed by atoms with van der Waals surface area (Å²) in [6, 6.07) is 42.7. The van der Waals surface area contributed by atoms with E-state index in [1.54, 1.807) is 0 Å². The maximum Gasteiger partial charge on any atom is 0.235 e. The number of aryl methyl sites for hydroxylation is 1. The molecule has 0 atom stereocenters. The maximum absolute atomic E-state index is 5.33. The minimum absolute atomic E-state index is 0.659. The molecule has 216 valence electrons. The van der Waals surface area contributed by atoms with Crippen LogP contribution in [0.3, 0.4) is 0 Å². The molecule has 0 radical (unpaired) electrons. The molecule has 0 N–H and O–H groups in total. The predicted octanol–water partition coefficient (Wildman–Crippen LogP) is 9.85. The van der Waals surface area contributed by atoms with E-state index in [4.69, 9.17) is 15.1 Å². The fraction of sp³-hybridized carbons (Fsp3) is 0.0488. The largest absolute Gasteiger partial charge is 0.278 e. The number of benzene rings is 6. The van der Waals surface area contributed by atoms with Gasteiger partial charge in [-0.2, -0.15) is 5.10 Å². The first-order chi connectivity index (χ1) is 22.8. The van der Waals surface area contributed by atoms with E-state index in [0.29, 0.717) is 5.95 Å². The van der Waals surface area contributed by atoms with Crippen molar-refractivity contribution in [1.29, 1.82) is 0 Å². The molecular formula is C41H27N5. The quantitative estimate of drug-likeness (QED) is 0.206. The normalized spacial score (nSPS) is 13.0. The van der Waals surface area contributed by atoms with Gasteiger partial charge in [-0.15, -0.1) is 0 Å². The minimum Gasteiger partial charge on any atom is -0.278 e. The summed E-state index contributed by atoms with van der Waals surface area (Å²) in [5.74, 6) is 0.659. The Morgan fingerprint density at radius 1 is 0.609 bits per heavy atom. The second-order valence-electron chi connectivity index (χ2n) is 12.0. The number of rotatable bonds is 3. The highest BCUT2D eigenvalue weighted by atomic mass is 15.3. The highest BCUT2D eigenvalue weighted by Crippen LogP contribution is 2.41. The van der Waals surface area contributed by atoms with Gasteiger partial charge >= 0.3 is 0 Å². The van der Waals surface area contributed by atoms with Crippen molar-refractivity contribution < 1.29 is 0 Å². The predicted molar refractivity (Wildman–Crippen MR) is 189 cm³/mol. The van der Waals surface area contributed by atoms with Gasteiger partial charge in [0.25, 0.3) is 0 Å². The second kappa shape index (κ2) is 9.71. The standard InChI is InChI=1S/C41H27N5/c1-3-12-27(13-4-1)40-31-17-9-10-18-35(31)43-41(44-40)45-37-22-21-36-34(25-42-46(36)29-14-5-2-6-15-29)39(37)33-23-28-20-19-26-11-7-8-16-30(26)32(28)24-38(33)45/h1-6,8-10,12-25H,7,11H2. The summed E-state index contributed by atoms with van der Waals surface area (Å²) >= 11 is 0. The lowest BCUT2D eigenvalue weighted by molar-refractivity contribution is 0.911. The van der Waals surface area contributed by atoms with Crippen molar-refractivity contribution in [1.82, 2.24) is 24.3 Å². The number of nitrogens with zero attached hydrogens (tertiary/aromatic N) is 5. The van der Waals surface area contributed by atoms with E-state index in [-0.39, 0.29) is 0 Å². The summed E-state index contributed by atoms with van der Waals surface area (Å²) in [6.07, 6.45) is 8.74. The number of para-hydroxylation sites is 2. The fourth-order valence-corrected chi connectivity index (χ4v) is 7.33. The molecule has 0 saturated heterocycles. The Balaban J connectivity index is 1.35. The van der Waals surface area contributed by atoms with Gasteiger partial charge in [-0.05, 0) is 77.2 Å². The van der Waals surface area contributed by atoms with Gasteiger partial charge in [0.15, 0.2) is 0 Å². The summed E-state index contributed by atoms with van der Waals surface area (Å²) < 4.78 is 4.29. The number of hydrogen-bond acceptors (Lipinski definition) is 3. The molecule has 9 aromatic rings. The molecule has 46 heavy (non-hydrogen) atoms. The van der Waals surface area contributed by atoms with Crippen LogP contribution in [0.1, 0.15) is 17.5 Å². The first-order valence-electron chi connectivity index (χ1n) is 15.8. The Bertz CT molecular complexity index is 2680. The van der Waals surface area contributed by atoms with Gasteiger partial charge in [-0.3, -0.25) is 4.57 Å². The summed E-state index contributed by atoms with van der Waals surface area (Å²) in [7, 11) is 0. The number of hydrogen-bond donors (Lipinski definition) is 0. The van der Waals surface area contributed by atoms with Crippen molar-refractivity contribution >= 4 is 60.5 Å². The van der Waals surface area contributed by atoms with Gasteiger partial charge in [0.2, 0.25) is 5.95 Å². The van der Waals surface area contributed by atoms with E-state index in [0.717, 1.165) is 68.0 Å². The lowest BCUT2D eigenvalue weighted by Gasteiger charge is -2.14. The Labute approximate surface area is 264 Å².